The molecule has 4 rings (SSSR count). The predicted molar refractivity (Wildman–Crippen MR) is 157 cm³/mol. The molecule has 1 atom stereocenters. The molecule has 1 aromatic heterocycles. The zero-order valence-corrected chi connectivity index (χ0v) is 24.0. The van der Waals surface area contributed by atoms with Crippen LogP contribution in [0.4, 0.5) is 5.13 Å². The molecule has 1 aliphatic heterocycles. The highest BCUT2D eigenvalue weighted by Gasteiger charge is 2.49. The fraction of sp³-hybridized carbons (Fsp3) is 0.290. The lowest BCUT2D eigenvalue weighted by Gasteiger charge is -2.24. The first-order chi connectivity index (χ1) is 19.8. The Morgan fingerprint density at radius 1 is 1.12 bits per heavy atom. The van der Waals surface area contributed by atoms with E-state index in [9.17, 15) is 19.5 Å². The van der Waals surface area contributed by atoms with E-state index in [0.717, 1.165) is 24.2 Å². The van der Waals surface area contributed by atoms with Gasteiger partial charge in [-0.25, -0.2) is 9.78 Å². The SMILES string of the molecule is C=CCOC(=O)c1sc(N2C(=O)C(=O)/C(=C(/O)c3ccc(OCCCC)cc3)C2c2ccccc2OCC)nc1C. The van der Waals surface area contributed by atoms with Crippen molar-refractivity contribution in [3.63, 3.8) is 0 Å². The Balaban J connectivity index is 1.84. The fourth-order valence-electron chi connectivity index (χ4n) is 4.39. The van der Waals surface area contributed by atoms with E-state index >= 15 is 0 Å². The number of aliphatic hydroxyl groups is 1. The summed E-state index contributed by atoms with van der Waals surface area (Å²) in [6.45, 7) is 9.98. The Kier molecular flexibility index (Phi) is 9.57. The Bertz CT molecular complexity index is 1480. The van der Waals surface area contributed by atoms with E-state index in [1.807, 2.05) is 6.92 Å². The van der Waals surface area contributed by atoms with Crippen molar-refractivity contribution >= 4 is 39.9 Å². The summed E-state index contributed by atoms with van der Waals surface area (Å²) in [4.78, 5) is 45.6. The van der Waals surface area contributed by atoms with Gasteiger partial charge in [-0.3, -0.25) is 14.5 Å². The van der Waals surface area contributed by atoms with E-state index in [1.165, 1.54) is 11.0 Å². The maximum atomic E-state index is 13.6. The number of nitrogens with zero attached hydrogens (tertiary/aromatic N) is 2. The van der Waals surface area contributed by atoms with Crippen molar-refractivity contribution in [2.24, 2.45) is 0 Å². The zero-order valence-electron chi connectivity index (χ0n) is 23.2. The average Bonchev–Trinajstić information content (AvgIpc) is 3.48. The molecule has 0 spiro atoms. The van der Waals surface area contributed by atoms with Gasteiger partial charge in [-0.15, -0.1) is 0 Å². The molecule has 214 valence electrons. The van der Waals surface area contributed by atoms with Gasteiger partial charge in [0.05, 0.1) is 24.5 Å². The number of carbonyl (C=O) groups excluding carboxylic acids is 3. The summed E-state index contributed by atoms with van der Waals surface area (Å²) in [6.07, 6.45) is 3.36. The Hall–Kier alpha value is -4.44. The van der Waals surface area contributed by atoms with Gasteiger partial charge in [0.15, 0.2) is 5.13 Å². The second kappa shape index (κ2) is 13.3. The van der Waals surface area contributed by atoms with Crippen molar-refractivity contribution in [2.75, 3.05) is 24.7 Å². The third-order valence-corrected chi connectivity index (χ3v) is 7.50. The molecule has 1 unspecified atom stereocenters. The summed E-state index contributed by atoms with van der Waals surface area (Å²) >= 11 is 0.931. The molecule has 2 aromatic carbocycles. The number of amides is 1. The van der Waals surface area contributed by atoms with Crippen molar-refractivity contribution in [1.29, 1.82) is 0 Å². The number of esters is 1. The van der Waals surface area contributed by atoms with Crippen LogP contribution in [0.2, 0.25) is 0 Å². The van der Waals surface area contributed by atoms with Crippen molar-refractivity contribution in [2.45, 2.75) is 39.7 Å². The highest BCUT2D eigenvalue weighted by atomic mass is 32.1. The number of ether oxygens (including phenoxy) is 3. The number of carbonyl (C=O) groups is 3. The molecule has 41 heavy (non-hydrogen) atoms. The van der Waals surface area contributed by atoms with Crippen LogP contribution in [-0.2, 0) is 14.3 Å². The minimum absolute atomic E-state index is 0.0141. The minimum atomic E-state index is -1.07. The summed E-state index contributed by atoms with van der Waals surface area (Å²) in [5, 5.41) is 11.6. The first-order valence-corrected chi connectivity index (χ1v) is 14.1. The summed E-state index contributed by atoms with van der Waals surface area (Å²) in [5.41, 5.74) is 1.05. The zero-order chi connectivity index (χ0) is 29.5. The Morgan fingerprint density at radius 2 is 1.85 bits per heavy atom. The number of thiazole rings is 1. The van der Waals surface area contributed by atoms with E-state index in [2.05, 4.69) is 18.5 Å². The van der Waals surface area contributed by atoms with Gasteiger partial charge in [-0.1, -0.05) is 55.5 Å². The largest absolute Gasteiger partial charge is 0.507 e. The molecule has 0 radical (unpaired) electrons. The van der Waals surface area contributed by atoms with E-state index in [0.29, 0.717) is 41.5 Å². The van der Waals surface area contributed by atoms with Gasteiger partial charge in [-0.2, -0.15) is 0 Å². The molecular weight excluding hydrogens is 544 g/mol. The van der Waals surface area contributed by atoms with E-state index < -0.39 is 23.7 Å². The second-order valence-electron chi connectivity index (χ2n) is 9.16. The molecule has 2 heterocycles. The molecule has 1 N–H and O–H groups in total. The number of ketones is 1. The maximum Gasteiger partial charge on any atom is 0.350 e. The molecular formula is C31H32N2O7S. The van der Waals surface area contributed by atoms with Gasteiger partial charge in [-0.05, 0) is 50.6 Å². The van der Waals surface area contributed by atoms with Crippen LogP contribution >= 0.6 is 11.3 Å². The summed E-state index contributed by atoms with van der Waals surface area (Å²) < 4.78 is 16.7. The summed E-state index contributed by atoms with van der Waals surface area (Å²) in [7, 11) is 0. The van der Waals surface area contributed by atoms with Crippen LogP contribution in [-0.4, -0.2) is 47.6 Å². The number of hydrogen-bond acceptors (Lipinski definition) is 9. The van der Waals surface area contributed by atoms with E-state index in [-0.39, 0.29) is 27.9 Å². The smallest absolute Gasteiger partial charge is 0.350 e. The van der Waals surface area contributed by atoms with Crippen molar-refractivity contribution in [3.05, 3.63) is 88.5 Å². The number of benzene rings is 2. The molecule has 1 aliphatic rings. The van der Waals surface area contributed by atoms with Gasteiger partial charge >= 0.3 is 11.9 Å². The van der Waals surface area contributed by atoms with Crippen LogP contribution in [0.5, 0.6) is 11.5 Å². The van der Waals surface area contributed by atoms with Gasteiger partial charge in [0.1, 0.15) is 34.8 Å². The molecule has 1 saturated heterocycles. The van der Waals surface area contributed by atoms with Crippen LogP contribution in [0.15, 0.2) is 66.8 Å². The highest BCUT2D eigenvalue weighted by Crippen LogP contribution is 2.46. The van der Waals surface area contributed by atoms with Crippen LogP contribution in [0.1, 0.15) is 59.2 Å². The number of unbranched alkanes of at least 4 members (excludes halogenated alkanes) is 1. The monoisotopic (exact) mass is 576 g/mol. The molecule has 10 heteroatoms. The molecule has 3 aromatic rings. The Labute approximate surface area is 242 Å². The molecule has 0 bridgehead atoms. The second-order valence-corrected chi connectivity index (χ2v) is 10.1. The predicted octanol–water partition coefficient (Wildman–Crippen LogP) is 6.00. The average molecular weight is 577 g/mol. The van der Waals surface area contributed by atoms with Crippen LogP contribution in [0, 0.1) is 6.92 Å². The number of hydrogen-bond donors (Lipinski definition) is 1. The molecule has 0 saturated carbocycles. The normalized spacial score (nSPS) is 16.1. The number of aliphatic hydroxyl groups excluding tert-OH is 1. The van der Waals surface area contributed by atoms with Crippen LogP contribution < -0.4 is 14.4 Å². The summed E-state index contributed by atoms with van der Waals surface area (Å²) in [5.74, 6) is -1.66. The molecule has 1 fully saturated rings. The van der Waals surface area contributed by atoms with Crippen molar-refractivity contribution in [3.8, 4) is 11.5 Å². The molecule has 0 aliphatic carbocycles. The highest BCUT2D eigenvalue weighted by molar-refractivity contribution is 7.17. The van der Waals surface area contributed by atoms with Crippen LogP contribution in [0.25, 0.3) is 5.76 Å². The van der Waals surface area contributed by atoms with Crippen LogP contribution in [0.3, 0.4) is 0 Å². The fourth-order valence-corrected chi connectivity index (χ4v) is 5.38. The third kappa shape index (κ3) is 6.17. The first kappa shape index (κ1) is 29.5. The van der Waals surface area contributed by atoms with Gasteiger partial charge in [0, 0.05) is 11.1 Å². The first-order valence-electron chi connectivity index (χ1n) is 13.3. The maximum absolute atomic E-state index is 13.6. The van der Waals surface area contributed by atoms with Crippen molar-refractivity contribution in [1.82, 2.24) is 4.98 Å². The van der Waals surface area contributed by atoms with Crippen molar-refractivity contribution < 1.29 is 33.7 Å². The number of Topliss-reactive ketones (excluding diaryl/α,β-unsaturated/α-hetero) is 1. The quantitative estimate of drug-likeness (QED) is 0.0697. The lowest BCUT2D eigenvalue weighted by molar-refractivity contribution is -0.132. The number of rotatable bonds is 12. The molecule has 9 nitrogen and oxygen atoms in total. The lowest BCUT2D eigenvalue weighted by atomic mass is 9.94. The Morgan fingerprint density at radius 3 is 2.54 bits per heavy atom. The van der Waals surface area contributed by atoms with Gasteiger partial charge in [0.25, 0.3) is 5.78 Å². The lowest BCUT2D eigenvalue weighted by Crippen LogP contribution is -2.29. The number of anilines is 1. The van der Waals surface area contributed by atoms with E-state index in [4.69, 9.17) is 14.2 Å². The minimum Gasteiger partial charge on any atom is -0.507 e. The topological polar surface area (TPSA) is 115 Å². The number of aromatic nitrogens is 1. The van der Waals surface area contributed by atoms with Gasteiger partial charge in [0.2, 0.25) is 0 Å². The number of para-hydroxylation sites is 1. The summed E-state index contributed by atoms with van der Waals surface area (Å²) in [6, 6.07) is 12.6. The number of aryl methyl sites for hydroxylation is 1. The van der Waals surface area contributed by atoms with E-state index in [1.54, 1.807) is 55.5 Å². The third-order valence-electron chi connectivity index (χ3n) is 6.36. The van der Waals surface area contributed by atoms with Gasteiger partial charge < -0.3 is 19.3 Å². The molecule has 1 amide bonds. The standard InChI is InChI=1S/C31H32N2O7S/c1-5-8-18-39-21-15-13-20(14-16-21)26(34)24-25(22-11-9-10-12-23(22)38-7-3)33(29(36)27(24)35)31-32-19(4)28(41-31)30(37)40-17-6-2/h6,9-16,25,34H,2,5,7-8,17-18H2,1,3-4H3/b26-24+.